The molecule has 0 heterocycles. The topological polar surface area (TPSA) is 94.8 Å². The zero-order valence-corrected chi connectivity index (χ0v) is 16.3. The maximum Gasteiger partial charge on any atom is 1.00 e. The van der Waals surface area contributed by atoms with Gasteiger partial charge in [-0.25, -0.2) is 0 Å². The van der Waals surface area contributed by atoms with Crippen LogP contribution in [0.4, 0.5) is 0 Å². The molecule has 0 radical (unpaired) electrons. The van der Waals surface area contributed by atoms with Crippen LogP contribution in [0.1, 0.15) is 72.6 Å². The third-order valence-corrected chi connectivity index (χ3v) is 2.51. The van der Waals surface area contributed by atoms with E-state index in [9.17, 15) is 0 Å². The second-order valence-electron chi connectivity index (χ2n) is 4.35. The fraction of sp³-hybridized carbons (Fsp3) is 1.00. The zero-order chi connectivity index (χ0) is 14.3. The van der Waals surface area contributed by atoms with Crippen molar-refractivity contribution in [2.45, 2.75) is 71.1 Å². The Balaban J connectivity index is -0.000000158. The molecule has 0 bridgehead atoms. The van der Waals surface area contributed by atoms with Crippen molar-refractivity contribution >= 4 is 10.4 Å². The van der Waals surface area contributed by atoms with Crippen molar-refractivity contribution in [3.05, 3.63) is 0 Å². The summed E-state index contributed by atoms with van der Waals surface area (Å²) in [4.78, 5) is 0. The fourth-order valence-electron chi connectivity index (χ4n) is 1.60. The van der Waals surface area contributed by atoms with Gasteiger partial charge in [-0.2, -0.15) is 8.42 Å². The van der Waals surface area contributed by atoms with E-state index in [4.69, 9.17) is 22.6 Å². The number of hydrogen-bond donors (Lipinski definition) is 3. The van der Waals surface area contributed by atoms with Gasteiger partial charge >= 0.3 is 61.8 Å². The summed E-state index contributed by atoms with van der Waals surface area (Å²) in [6, 6.07) is 0. The van der Waals surface area contributed by atoms with Crippen LogP contribution in [0, 0.1) is 0 Å². The minimum absolute atomic E-state index is 0. The predicted molar refractivity (Wildman–Crippen MR) is 74.2 cm³/mol. The van der Waals surface area contributed by atoms with Crippen LogP contribution in [0.3, 0.4) is 0 Å². The summed E-state index contributed by atoms with van der Waals surface area (Å²) < 4.78 is 31.6. The molecule has 0 unspecified atom stereocenters. The molecular weight excluding hydrogens is 295 g/mol. The van der Waals surface area contributed by atoms with Crippen molar-refractivity contribution in [3.8, 4) is 0 Å². The van der Waals surface area contributed by atoms with Crippen molar-refractivity contribution in [3.63, 3.8) is 0 Å². The molecule has 5 nitrogen and oxygen atoms in total. The van der Waals surface area contributed by atoms with Crippen LogP contribution >= 0.6 is 0 Å². The van der Waals surface area contributed by atoms with Gasteiger partial charge in [0.2, 0.25) is 0 Å². The van der Waals surface area contributed by atoms with Crippen molar-refractivity contribution < 1.29 is 75.4 Å². The molecule has 0 aromatic carbocycles. The molecule has 0 amide bonds. The Morgan fingerprint density at radius 2 is 1.05 bits per heavy atom. The number of aliphatic hydroxyl groups excluding tert-OH is 1. The van der Waals surface area contributed by atoms with E-state index in [-0.39, 0.29) is 52.8 Å². The predicted octanol–water partition coefficient (Wildman–Crippen LogP) is 0.363. The Bertz CT molecular complexity index is 232. The van der Waals surface area contributed by atoms with E-state index < -0.39 is 10.4 Å². The first kappa shape index (κ1) is 25.4. The third-order valence-electron chi connectivity index (χ3n) is 2.51. The Kier molecular flexibility index (Phi) is 26.0. The van der Waals surface area contributed by atoms with Gasteiger partial charge in [0.1, 0.15) is 0 Å². The minimum Gasteiger partial charge on any atom is -1.00 e. The minimum atomic E-state index is -4.67. The number of hydrogen-bond acceptors (Lipinski definition) is 3. The largest absolute Gasteiger partial charge is 1.00 e. The number of unbranched alkanes of at least 4 members (excludes halogenated alkanes) is 9. The summed E-state index contributed by atoms with van der Waals surface area (Å²) in [6.07, 6.45) is 13.3. The maximum atomic E-state index is 8.74. The molecule has 19 heavy (non-hydrogen) atoms. The molecule has 0 spiro atoms. The van der Waals surface area contributed by atoms with Crippen LogP contribution in [0.2, 0.25) is 0 Å². The molecule has 3 N–H and O–H groups in total. The van der Waals surface area contributed by atoms with Crippen molar-refractivity contribution in [2.24, 2.45) is 0 Å². The Labute approximate surface area is 162 Å². The first-order chi connectivity index (χ1) is 8.41. The summed E-state index contributed by atoms with van der Waals surface area (Å²) in [5, 5.41) is 8.57. The Morgan fingerprint density at radius 1 is 0.789 bits per heavy atom. The van der Waals surface area contributed by atoms with Crippen LogP contribution in [0.15, 0.2) is 0 Å². The smallest absolute Gasteiger partial charge is 1.00 e. The third kappa shape index (κ3) is 45.2. The van der Waals surface area contributed by atoms with Crippen LogP contribution in [-0.2, 0) is 10.4 Å². The number of rotatable bonds is 10. The second-order valence-corrected chi connectivity index (χ2v) is 5.25. The average Bonchev–Trinajstić information content (AvgIpc) is 2.25. The molecule has 0 rings (SSSR count). The van der Waals surface area contributed by atoms with Gasteiger partial charge in [-0.3, -0.25) is 9.11 Å². The molecule has 114 valence electrons. The molecule has 0 aliphatic rings. The van der Waals surface area contributed by atoms with Gasteiger partial charge in [-0.1, -0.05) is 64.7 Å². The van der Waals surface area contributed by atoms with E-state index in [1.807, 2.05) is 0 Å². The molecule has 0 aromatic heterocycles. The zero-order valence-electron chi connectivity index (χ0n) is 13.3. The molecule has 7 heteroatoms. The van der Waals surface area contributed by atoms with Gasteiger partial charge in [0.25, 0.3) is 0 Å². The molecule has 0 fully saturated rings. The van der Waals surface area contributed by atoms with Gasteiger partial charge in [-0.15, -0.1) is 0 Å². The summed E-state index contributed by atoms with van der Waals surface area (Å²) in [7, 11) is -4.67. The first-order valence-corrected chi connectivity index (χ1v) is 8.12. The monoisotopic (exact) mass is 324 g/mol. The van der Waals surface area contributed by atoms with Crippen molar-refractivity contribution in [1.82, 2.24) is 0 Å². The summed E-state index contributed by atoms with van der Waals surface area (Å²) in [6.45, 7) is 2.63. The molecule has 0 atom stereocenters. The SMILES string of the molecule is CCCCCCCCCCCCO.O=S(=O)(O)O.[H-].[K+]. The fourth-order valence-corrected chi connectivity index (χ4v) is 1.60. The van der Waals surface area contributed by atoms with Gasteiger partial charge in [-0.05, 0) is 6.42 Å². The maximum absolute atomic E-state index is 8.74. The van der Waals surface area contributed by atoms with Crippen molar-refractivity contribution in [1.29, 1.82) is 0 Å². The van der Waals surface area contributed by atoms with E-state index in [1.165, 1.54) is 57.8 Å². The Hall–Kier alpha value is 1.47. The van der Waals surface area contributed by atoms with Crippen LogP contribution < -0.4 is 51.4 Å². The average molecular weight is 325 g/mol. The standard InChI is InChI=1S/C12H26O.K.H2O4S.H/c1-2-3-4-5-6-7-8-9-10-11-12-13;;1-5(2,3)4;/h13H,2-12H2,1H3;;(H2,1,2,3,4);/q;+1;;-1. The van der Waals surface area contributed by atoms with Crippen LogP contribution in [-0.4, -0.2) is 29.2 Å². The summed E-state index contributed by atoms with van der Waals surface area (Å²) >= 11 is 0. The van der Waals surface area contributed by atoms with Crippen LogP contribution in [0.5, 0.6) is 0 Å². The second kappa shape index (κ2) is 19.5. The molecule has 0 aliphatic heterocycles. The first-order valence-electron chi connectivity index (χ1n) is 6.72. The van der Waals surface area contributed by atoms with Gasteiger partial charge < -0.3 is 6.53 Å². The summed E-state index contributed by atoms with van der Waals surface area (Å²) in [5.74, 6) is 0. The van der Waals surface area contributed by atoms with E-state index in [2.05, 4.69) is 6.92 Å². The molecule has 0 aromatic rings. The summed E-state index contributed by atoms with van der Waals surface area (Å²) in [5.41, 5.74) is 0. The van der Waals surface area contributed by atoms with E-state index in [1.54, 1.807) is 0 Å². The van der Waals surface area contributed by atoms with E-state index in [0.717, 1.165) is 6.42 Å². The van der Waals surface area contributed by atoms with Crippen LogP contribution in [0.25, 0.3) is 0 Å². The number of aliphatic hydroxyl groups is 1. The molecule has 0 saturated carbocycles. The molecular formula is C12H29KO5S. The molecule has 0 aliphatic carbocycles. The molecule has 0 saturated heterocycles. The van der Waals surface area contributed by atoms with Gasteiger partial charge in [0, 0.05) is 6.61 Å². The normalized spacial score (nSPS) is 10.3. The Morgan fingerprint density at radius 3 is 1.32 bits per heavy atom. The van der Waals surface area contributed by atoms with E-state index >= 15 is 0 Å². The van der Waals surface area contributed by atoms with Crippen molar-refractivity contribution in [2.75, 3.05) is 6.61 Å². The van der Waals surface area contributed by atoms with Gasteiger partial charge in [0.15, 0.2) is 0 Å². The quantitative estimate of drug-likeness (QED) is 0.306. The van der Waals surface area contributed by atoms with E-state index in [0.29, 0.717) is 6.61 Å². The van der Waals surface area contributed by atoms with Gasteiger partial charge in [0.05, 0.1) is 0 Å².